The molecule has 0 bridgehead atoms. The Bertz CT molecular complexity index is 801. The third-order valence-corrected chi connectivity index (χ3v) is 4.88. The van der Waals surface area contributed by atoms with Gasteiger partial charge in [-0.25, -0.2) is 0 Å². The van der Waals surface area contributed by atoms with Crippen LogP contribution in [0.25, 0.3) is 0 Å². The molecule has 0 saturated carbocycles. The monoisotopic (exact) mass is 393 g/mol. The van der Waals surface area contributed by atoms with Crippen molar-refractivity contribution in [1.29, 1.82) is 0 Å². The minimum atomic E-state index is -0.478. The molecule has 0 aromatic heterocycles. The molecule has 7 nitrogen and oxygen atoms in total. The minimum Gasteiger partial charge on any atom is -0.496 e. The quantitative estimate of drug-likeness (QED) is 0.576. The lowest BCUT2D eigenvalue weighted by molar-refractivity contribution is -0.925. The van der Waals surface area contributed by atoms with Crippen LogP contribution in [-0.2, 0) is 11.3 Å². The van der Waals surface area contributed by atoms with E-state index in [0.29, 0.717) is 12.4 Å². The molecule has 2 atom stereocenters. The van der Waals surface area contributed by atoms with Crippen molar-refractivity contribution in [2.24, 2.45) is 0 Å². The number of morpholine rings is 1. The number of nitro benzene ring substituents is 1. The number of nitrogens with one attached hydrogen (secondary N) is 1. The molecule has 1 aliphatic rings. The molecule has 1 heterocycles. The van der Waals surface area contributed by atoms with E-state index in [2.05, 4.69) is 0 Å². The van der Waals surface area contributed by atoms with Crippen molar-refractivity contribution >= 4 is 17.3 Å². The van der Waals surface area contributed by atoms with Gasteiger partial charge in [-0.1, -0.05) is 29.8 Å². The van der Waals surface area contributed by atoms with Gasteiger partial charge >= 0.3 is 5.69 Å². The van der Waals surface area contributed by atoms with Crippen LogP contribution in [0.15, 0.2) is 42.5 Å². The lowest BCUT2D eigenvalue weighted by Crippen LogP contribution is -3.13. The van der Waals surface area contributed by atoms with Crippen LogP contribution in [0.2, 0.25) is 5.02 Å². The lowest BCUT2D eigenvalue weighted by Gasteiger charge is -2.30. The number of halogens is 1. The van der Waals surface area contributed by atoms with Crippen molar-refractivity contribution in [2.75, 3.05) is 33.4 Å². The zero-order valence-electron chi connectivity index (χ0n) is 15.0. The van der Waals surface area contributed by atoms with Crippen LogP contribution in [0.4, 0.5) is 5.69 Å². The summed E-state index contributed by atoms with van der Waals surface area (Å²) < 4.78 is 16.5. The molecule has 3 rings (SSSR count). The molecule has 0 radical (unpaired) electrons. The Hall–Kier alpha value is -2.35. The van der Waals surface area contributed by atoms with Crippen molar-refractivity contribution in [3.05, 3.63) is 63.2 Å². The van der Waals surface area contributed by atoms with Crippen LogP contribution >= 0.6 is 11.6 Å². The third kappa shape index (κ3) is 5.09. The second kappa shape index (κ2) is 9.03. The van der Waals surface area contributed by atoms with Gasteiger partial charge in [-0.15, -0.1) is 0 Å². The summed E-state index contributed by atoms with van der Waals surface area (Å²) in [5, 5.41) is 12.0. The van der Waals surface area contributed by atoms with Gasteiger partial charge in [0.1, 0.15) is 38.1 Å². The first kappa shape index (κ1) is 19.4. The summed E-state index contributed by atoms with van der Waals surface area (Å²) in [6.07, 6.45) is -0.141. The molecule has 1 N–H and O–H groups in total. The zero-order chi connectivity index (χ0) is 19.2. The molecule has 0 spiro atoms. The van der Waals surface area contributed by atoms with Crippen molar-refractivity contribution < 1.29 is 24.0 Å². The smallest absolute Gasteiger partial charge is 0.314 e. The molecular formula is C19H22ClN2O5+. The van der Waals surface area contributed by atoms with Crippen LogP contribution in [0.1, 0.15) is 5.56 Å². The van der Waals surface area contributed by atoms with Gasteiger partial charge in [-0.05, 0) is 18.2 Å². The molecule has 0 amide bonds. The number of nitro groups is 1. The first-order valence-corrected chi connectivity index (χ1v) is 9.08. The average Bonchev–Trinajstić information content (AvgIpc) is 2.68. The van der Waals surface area contributed by atoms with Crippen LogP contribution in [0, 0.1) is 10.1 Å². The summed E-state index contributed by atoms with van der Waals surface area (Å²) in [7, 11) is 1.46. The Labute approximate surface area is 162 Å². The number of hydrogen-bond acceptors (Lipinski definition) is 5. The van der Waals surface area contributed by atoms with Gasteiger partial charge in [0, 0.05) is 10.6 Å². The number of benzene rings is 2. The molecule has 1 aliphatic heterocycles. The lowest BCUT2D eigenvalue weighted by atomic mass is 10.2. The summed E-state index contributed by atoms with van der Waals surface area (Å²) >= 11 is 6.25. The molecular weight excluding hydrogens is 372 g/mol. The van der Waals surface area contributed by atoms with Crippen LogP contribution in [-0.4, -0.2) is 44.4 Å². The van der Waals surface area contributed by atoms with Gasteiger partial charge in [0.15, 0.2) is 5.75 Å². The summed E-state index contributed by atoms with van der Waals surface area (Å²) in [4.78, 5) is 12.1. The SMILES string of the molecule is COc1ccc(OC[C@@H]2C[NH+](Cc3ccccc3Cl)CCO2)c([N+](=O)[O-])c1. The van der Waals surface area contributed by atoms with Crippen LogP contribution in [0.5, 0.6) is 11.5 Å². The second-order valence-corrected chi connectivity index (χ2v) is 6.77. The molecule has 1 fully saturated rings. The topological polar surface area (TPSA) is 75.3 Å². The van der Waals surface area contributed by atoms with Gasteiger partial charge in [-0.2, -0.15) is 0 Å². The molecule has 2 aromatic rings. The Kier molecular flexibility index (Phi) is 6.49. The van der Waals surface area contributed by atoms with E-state index in [1.807, 2.05) is 24.3 Å². The summed E-state index contributed by atoms with van der Waals surface area (Å²) in [5.74, 6) is 0.626. The molecule has 8 heteroatoms. The second-order valence-electron chi connectivity index (χ2n) is 6.37. The maximum atomic E-state index is 11.3. The largest absolute Gasteiger partial charge is 0.496 e. The van der Waals surface area contributed by atoms with Gasteiger partial charge in [0.05, 0.1) is 24.7 Å². The molecule has 0 aliphatic carbocycles. The highest BCUT2D eigenvalue weighted by Crippen LogP contribution is 2.31. The molecule has 27 heavy (non-hydrogen) atoms. The molecule has 144 valence electrons. The predicted octanol–water partition coefficient (Wildman–Crippen LogP) is 2.12. The zero-order valence-corrected chi connectivity index (χ0v) is 15.8. The fraction of sp³-hybridized carbons (Fsp3) is 0.368. The number of ether oxygens (including phenoxy) is 3. The maximum absolute atomic E-state index is 11.3. The van der Waals surface area contributed by atoms with E-state index in [1.165, 1.54) is 18.1 Å². The third-order valence-electron chi connectivity index (χ3n) is 4.51. The van der Waals surface area contributed by atoms with Gasteiger partial charge in [0.25, 0.3) is 0 Å². The first-order valence-electron chi connectivity index (χ1n) is 8.70. The van der Waals surface area contributed by atoms with Crippen molar-refractivity contribution in [2.45, 2.75) is 12.6 Å². The van der Waals surface area contributed by atoms with Crippen molar-refractivity contribution in [1.82, 2.24) is 0 Å². The van der Waals surface area contributed by atoms with E-state index < -0.39 is 4.92 Å². The molecule has 1 unspecified atom stereocenters. The van der Waals surface area contributed by atoms with E-state index in [-0.39, 0.29) is 24.1 Å². The normalized spacial score (nSPS) is 19.5. The van der Waals surface area contributed by atoms with Gasteiger partial charge in [-0.3, -0.25) is 10.1 Å². The average molecular weight is 394 g/mol. The maximum Gasteiger partial charge on any atom is 0.314 e. The highest BCUT2D eigenvalue weighted by molar-refractivity contribution is 6.31. The predicted molar refractivity (Wildman–Crippen MR) is 101 cm³/mol. The molecule has 2 aromatic carbocycles. The standard InChI is InChI=1S/C19H21ClN2O5/c1-25-15-6-7-19(18(10-15)22(23)24)27-13-16-12-21(8-9-26-16)11-14-4-2-3-5-17(14)20/h2-7,10,16H,8-9,11-13H2,1H3/p+1/t16-/m0/s1. The Morgan fingerprint density at radius 3 is 2.89 bits per heavy atom. The Morgan fingerprint density at radius 2 is 2.15 bits per heavy atom. The summed E-state index contributed by atoms with van der Waals surface area (Å²) in [6.45, 7) is 3.29. The Morgan fingerprint density at radius 1 is 1.33 bits per heavy atom. The summed E-state index contributed by atoms with van der Waals surface area (Å²) in [6, 6.07) is 12.3. The van der Waals surface area contributed by atoms with E-state index in [4.69, 9.17) is 25.8 Å². The van der Waals surface area contributed by atoms with E-state index in [0.717, 1.165) is 30.2 Å². The number of quaternary nitrogens is 1. The summed E-state index contributed by atoms with van der Waals surface area (Å²) in [5.41, 5.74) is 0.979. The molecule has 1 saturated heterocycles. The number of hydrogen-bond donors (Lipinski definition) is 1. The van der Waals surface area contributed by atoms with Crippen molar-refractivity contribution in [3.63, 3.8) is 0 Å². The van der Waals surface area contributed by atoms with Gasteiger partial charge in [0.2, 0.25) is 0 Å². The highest BCUT2D eigenvalue weighted by Gasteiger charge is 2.26. The fourth-order valence-corrected chi connectivity index (χ4v) is 3.31. The van der Waals surface area contributed by atoms with Crippen LogP contribution < -0.4 is 14.4 Å². The van der Waals surface area contributed by atoms with Crippen LogP contribution in [0.3, 0.4) is 0 Å². The number of nitrogens with zero attached hydrogens (tertiary/aromatic N) is 1. The van der Waals surface area contributed by atoms with E-state index in [9.17, 15) is 10.1 Å². The van der Waals surface area contributed by atoms with Gasteiger partial charge < -0.3 is 19.1 Å². The van der Waals surface area contributed by atoms with E-state index >= 15 is 0 Å². The first-order chi connectivity index (χ1) is 13.1. The van der Waals surface area contributed by atoms with Crippen molar-refractivity contribution in [3.8, 4) is 11.5 Å². The Balaban J connectivity index is 1.60. The van der Waals surface area contributed by atoms with E-state index in [1.54, 1.807) is 12.1 Å². The minimum absolute atomic E-state index is 0.120. The fourth-order valence-electron chi connectivity index (χ4n) is 3.10. The number of methoxy groups -OCH3 is 1. The highest BCUT2D eigenvalue weighted by atomic mass is 35.5. The number of rotatable bonds is 7.